The predicted molar refractivity (Wildman–Crippen MR) is 151 cm³/mol. The number of hydrogen-bond acceptors (Lipinski definition) is 14. The Morgan fingerprint density at radius 2 is 1.64 bits per heavy atom. The lowest BCUT2D eigenvalue weighted by Crippen LogP contribution is -2.77. The lowest BCUT2D eigenvalue weighted by atomic mass is 9.71. The fourth-order valence-corrected chi connectivity index (χ4v) is 5.58. The average Bonchev–Trinajstić information content (AvgIpc) is 3.00. The molecule has 0 spiro atoms. The number of methoxy groups -OCH3 is 1. The second kappa shape index (κ2) is 13.4. The van der Waals surface area contributed by atoms with Gasteiger partial charge in [-0.2, -0.15) is 0 Å². The standard InChI is InChI=1S/C30H38O14/c1-13-22(35)24(37)25(38)29(43-13)30(41)27(39)21(10-6-15-5-9-20(42-2)19(34)12-15)44-26(28(30)40)23(36)17(32)8-4-14-3-7-16(31)18(33)11-14/h3-5,7-9,11-13,17,21-22,24-29,31-35,37-41H,6,10H2,1-2H3/t13-,17?,21?,22-,24+,25+,26-,27+,28-,29?,30-/m1/s1. The zero-order valence-electron chi connectivity index (χ0n) is 23.9. The Kier molecular flexibility index (Phi) is 10.2. The van der Waals surface area contributed by atoms with Gasteiger partial charge in [0.05, 0.1) is 19.3 Å². The van der Waals surface area contributed by atoms with Gasteiger partial charge < -0.3 is 65.3 Å². The first-order valence-corrected chi connectivity index (χ1v) is 13.9. The van der Waals surface area contributed by atoms with Crippen LogP contribution in [0.25, 0.3) is 6.08 Å². The summed E-state index contributed by atoms with van der Waals surface area (Å²) < 4.78 is 16.4. The summed E-state index contributed by atoms with van der Waals surface area (Å²) in [6.07, 6.45) is -15.9. The number of carbonyl (C=O) groups excluding carboxylic acids is 1. The molecule has 14 nitrogen and oxygen atoms in total. The summed E-state index contributed by atoms with van der Waals surface area (Å²) in [6, 6.07) is 8.28. The molecule has 10 N–H and O–H groups in total. The van der Waals surface area contributed by atoms with Crippen molar-refractivity contribution in [3.63, 3.8) is 0 Å². The van der Waals surface area contributed by atoms with Crippen molar-refractivity contribution in [1.82, 2.24) is 0 Å². The second-order valence-corrected chi connectivity index (χ2v) is 11.1. The third kappa shape index (κ3) is 6.40. The Hall–Kier alpha value is -3.31. The normalized spacial score (nSPS) is 35.0. The molecule has 2 saturated heterocycles. The zero-order valence-corrected chi connectivity index (χ0v) is 23.9. The summed E-state index contributed by atoms with van der Waals surface area (Å²) >= 11 is 0. The summed E-state index contributed by atoms with van der Waals surface area (Å²) in [4.78, 5) is 13.4. The number of hydrogen-bond donors (Lipinski definition) is 10. The van der Waals surface area contributed by atoms with Gasteiger partial charge in [0.2, 0.25) is 0 Å². The van der Waals surface area contributed by atoms with Crippen LogP contribution in [0.5, 0.6) is 23.0 Å². The molecule has 2 aliphatic rings. The van der Waals surface area contributed by atoms with Crippen molar-refractivity contribution in [3.8, 4) is 23.0 Å². The van der Waals surface area contributed by atoms with Crippen LogP contribution in [0.1, 0.15) is 24.5 Å². The van der Waals surface area contributed by atoms with Gasteiger partial charge in [-0.25, -0.2) is 0 Å². The molecule has 0 bridgehead atoms. The van der Waals surface area contributed by atoms with E-state index < -0.39 is 78.2 Å². The molecular weight excluding hydrogens is 584 g/mol. The number of benzene rings is 2. The fraction of sp³-hybridized carbons (Fsp3) is 0.500. The maximum absolute atomic E-state index is 13.4. The van der Waals surface area contributed by atoms with Crippen LogP contribution in [0.15, 0.2) is 42.5 Å². The van der Waals surface area contributed by atoms with E-state index in [-0.39, 0.29) is 30.1 Å². The van der Waals surface area contributed by atoms with Crippen molar-refractivity contribution in [1.29, 1.82) is 0 Å². The maximum Gasteiger partial charge on any atom is 0.196 e. The van der Waals surface area contributed by atoms with Crippen molar-refractivity contribution < 1.29 is 70.1 Å². The van der Waals surface area contributed by atoms with Gasteiger partial charge in [0.25, 0.3) is 0 Å². The number of aryl methyl sites for hydroxylation is 1. The number of phenolic OH excluding ortho intramolecular Hbond substituents is 3. The van der Waals surface area contributed by atoms with Gasteiger partial charge in [-0.1, -0.05) is 18.2 Å². The molecule has 44 heavy (non-hydrogen) atoms. The van der Waals surface area contributed by atoms with Gasteiger partial charge in [0.1, 0.15) is 48.8 Å². The Morgan fingerprint density at radius 1 is 0.932 bits per heavy atom. The van der Waals surface area contributed by atoms with Crippen LogP contribution in [0, 0.1) is 0 Å². The highest BCUT2D eigenvalue weighted by Crippen LogP contribution is 2.41. The van der Waals surface area contributed by atoms with Crippen LogP contribution in [0.4, 0.5) is 0 Å². The Balaban J connectivity index is 1.64. The van der Waals surface area contributed by atoms with E-state index in [9.17, 15) is 55.9 Å². The summed E-state index contributed by atoms with van der Waals surface area (Å²) in [7, 11) is 1.38. The van der Waals surface area contributed by atoms with E-state index in [2.05, 4.69) is 0 Å². The van der Waals surface area contributed by atoms with E-state index in [1.54, 1.807) is 6.07 Å². The zero-order chi connectivity index (χ0) is 32.5. The Bertz CT molecular complexity index is 1350. The van der Waals surface area contributed by atoms with E-state index in [4.69, 9.17) is 14.2 Å². The van der Waals surface area contributed by atoms with Crippen LogP contribution in [-0.2, 0) is 20.7 Å². The van der Waals surface area contributed by atoms with E-state index in [1.165, 1.54) is 50.4 Å². The van der Waals surface area contributed by atoms with Gasteiger partial charge in [-0.05, 0) is 61.2 Å². The predicted octanol–water partition coefficient (Wildman–Crippen LogP) is -1.52. The number of aliphatic hydroxyl groups excluding tert-OH is 6. The Labute approximate surface area is 252 Å². The van der Waals surface area contributed by atoms with Gasteiger partial charge in [0, 0.05) is 0 Å². The molecule has 2 aromatic rings. The van der Waals surface area contributed by atoms with Gasteiger partial charge in [0.15, 0.2) is 34.4 Å². The SMILES string of the molecule is COc1ccc(CCC2O[C@H](C(=O)C(O)C=Cc3ccc(O)c(O)c3)[C@@H](O)[C@@](O)(C3O[C@H](C)[C@@H](O)[C@H](O)[C@@H]3O)[C@H]2O)cc1O. The van der Waals surface area contributed by atoms with Crippen molar-refractivity contribution in [3.05, 3.63) is 53.6 Å². The molecule has 3 unspecified atom stereocenters. The number of aliphatic hydroxyl groups is 7. The average molecular weight is 623 g/mol. The van der Waals surface area contributed by atoms with Gasteiger partial charge in [-0.3, -0.25) is 4.79 Å². The molecule has 11 atom stereocenters. The van der Waals surface area contributed by atoms with Crippen LogP contribution in [-0.4, -0.2) is 131 Å². The van der Waals surface area contributed by atoms with E-state index >= 15 is 0 Å². The minimum atomic E-state index is -2.85. The van der Waals surface area contributed by atoms with Crippen LogP contribution in [0.3, 0.4) is 0 Å². The van der Waals surface area contributed by atoms with E-state index in [1.807, 2.05) is 0 Å². The first-order valence-electron chi connectivity index (χ1n) is 13.9. The summed E-state index contributed by atoms with van der Waals surface area (Å²) in [5, 5.41) is 106. The maximum atomic E-state index is 13.4. The first-order chi connectivity index (χ1) is 20.7. The molecule has 0 saturated carbocycles. The molecule has 0 aromatic heterocycles. The summed E-state index contributed by atoms with van der Waals surface area (Å²) in [5.74, 6) is -1.92. The highest BCUT2D eigenvalue weighted by Gasteiger charge is 2.65. The molecule has 0 radical (unpaired) electrons. The third-order valence-corrected chi connectivity index (χ3v) is 8.22. The number of ether oxygens (including phenoxy) is 3. The topological polar surface area (TPSA) is 247 Å². The molecule has 14 heteroatoms. The number of rotatable bonds is 9. The van der Waals surface area contributed by atoms with Crippen LogP contribution in [0.2, 0.25) is 0 Å². The van der Waals surface area contributed by atoms with Crippen LogP contribution < -0.4 is 4.74 Å². The smallest absolute Gasteiger partial charge is 0.196 e. The molecule has 0 aliphatic carbocycles. The highest BCUT2D eigenvalue weighted by atomic mass is 16.6. The molecule has 4 rings (SSSR count). The minimum Gasteiger partial charge on any atom is -0.504 e. The second-order valence-electron chi connectivity index (χ2n) is 11.1. The summed E-state index contributed by atoms with van der Waals surface area (Å²) in [6.45, 7) is 1.33. The lowest BCUT2D eigenvalue weighted by Gasteiger charge is -2.54. The number of Topliss-reactive ketones (excluding diaryl/α,β-unsaturated/α-hetero) is 1. The molecule has 2 aliphatic heterocycles. The minimum absolute atomic E-state index is 0.103. The van der Waals surface area contributed by atoms with Crippen LogP contribution >= 0.6 is 0 Å². The Morgan fingerprint density at radius 3 is 2.27 bits per heavy atom. The van der Waals surface area contributed by atoms with Crippen molar-refractivity contribution in [2.24, 2.45) is 0 Å². The van der Waals surface area contributed by atoms with Gasteiger partial charge >= 0.3 is 0 Å². The van der Waals surface area contributed by atoms with E-state index in [0.29, 0.717) is 11.1 Å². The third-order valence-electron chi connectivity index (χ3n) is 8.22. The number of phenols is 3. The number of carbonyl (C=O) groups is 1. The summed E-state index contributed by atoms with van der Waals surface area (Å²) in [5.41, 5.74) is -2.00. The monoisotopic (exact) mass is 622 g/mol. The highest BCUT2D eigenvalue weighted by molar-refractivity contribution is 5.90. The molecule has 2 fully saturated rings. The fourth-order valence-electron chi connectivity index (χ4n) is 5.58. The molecule has 242 valence electrons. The van der Waals surface area contributed by atoms with E-state index in [0.717, 1.165) is 6.08 Å². The van der Waals surface area contributed by atoms with Crippen molar-refractivity contribution >= 4 is 11.9 Å². The molecule has 0 amide bonds. The molecule has 2 heterocycles. The first kappa shape index (κ1) is 33.6. The number of aromatic hydroxyl groups is 3. The quantitative estimate of drug-likeness (QED) is 0.143. The molecular formula is C30H38O14. The number of ketones is 1. The lowest BCUT2D eigenvalue weighted by molar-refractivity contribution is -0.336. The largest absolute Gasteiger partial charge is 0.504 e. The van der Waals surface area contributed by atoms with Crippen molar-refractivity contribution in [2.75, 3.05) is 7.11 Å². The molecule has 2 aromatic carbocycles. The van der Waals surface area contributed by atoms with Crippen molar-refractivity contribution in [2.45, 2.75) is 86.4 Å². The van der Waals surface area contributed by atoms with Gasteiger partial charge in [-0.15, -0.1) is 0 Å².